The normalized spacial score (nSPS) is 12.8. The second kappa shape index (κ2) is 5.78. The number of rotatable bonds is 5. The Morgan fingerprint density at radius 3 is 2.27 bits per heavy atom. The Labute approximate surface area is 87.2 Å². The van der Waals surface area contributed by atoms with E-state index in [1.54, 1.807) is 0 Å². The average Bonchev–Trinajstić information content (AvgIpc) is 2.13. The molecule has 1 unspecified atom stereocenters. The molecule has 0 saturated carbocycles. The van der Waals surface area contributed by atoms with Crippen molar-refractivity contribution in [2.24, 2.45) is 0 Å². The van der Waals surface area contributed by atoms with Gasteiger partial charge in [0.25, 0.3) is 0 Å². The number of aliphatic hydroxyl groups excluding tert-OH is 2. The minimum absolute atomic E-state index is 0.00850. The molecule has 1 atom stereocenters. The van der Waals surface area contributed by atoms with Crippen LogP contribution in [0.5, 0.6) is 0 Å². The van der Waals surface area contributed by atoms with Crippen LogP contribution in [0.4, 0.5) is 8.78 Å². The first-order valence-corrected chi connectivity index (χ1v) is 4.85. The lowest BCUT2D eigenvalue weighted by Crippen LogP contribution is -2.11. The lowest BCUT2D eigenvalue weighted by atomic mass is 10.0. The summed E-state index contributed by atoms with van der Waals surface area (Å²) in [5.41, 5.74) is 0.429. The molecule has 1 aromatic rings. The van der Waals surface area contributed by atoms with Crippen molar-refractivity contribution in [3.05, 3.63) is 35.4 Å². The molecule has 4 heteroatoms. The van der Waals surface area contributed by atoms with Crippen LogP contribution < -0.4 is 0 Å². The van der Waals surface area contributed by atoms with E-state index < -0.39 is 17.7 Å². The van der Waals surface area contributed by atoms with Crippen molar-refractivity contribution in [1.29, 1.82) is 0 Å². The summed E-state index contributed by atoms with van der Waals surface area (Å²) in [5.74, 6) is -1.28. The zero-order valence-electron chi connectivity index (χ0n) is 8.29. The molecule has 15 heavy (non-hydrogen) atoms. The molecule has 0 spiro atoms. The van der Waals surface area contributed by atoms with Crippen LogP contribution in [-0.2, 0) is 6.42 Å². The van der Waals surface area contributed by atoms with E-state index in [1.165, 1.54) is 12.1 Å². The summed E-state index contributed by atoms with van der Waals surface area (Å²) in [6.07, 6.45) is 0.445. The van der Waals surface area contributed by atoms with Gasteiger partial charge in [-0.3, -0.25) is 0 Å². The Bertz CT molecular complexity index is 295. The second-order valence-electron chi connectivity index (χ2n) is 3.50. The van der Waals surface area contributed by atoms with E-state index in [4.69, 9.17) is 5.11 Å². The van der Waals surface area contributed by atoms with E-state index in [0.717, 1.165) is 6.07 Å². The Balaban J connectivity index is 2.56. The van der Waals surface area contributed by atoms with Crippen LogP contribution in [0.2, 0.25) is 0 Å². The van der Waals surface area contributed by atoms with Gasteiger partial charge < -0.3 is 10.2 Å². The van der Waals surface area contributed by atoms with Crippen LogP contribution in [0.3, 0.4) is 0 Å². The highest BCUT2D eigenvalue weighted by Crippen LogP contribution is 2.11. The van der Waals surface area contributed by atoms with E-state index in [0.29, 0.717) is 18.4 Å². The maximum absolute atomic E-state index is 12.8. The maximum atomic E-state index is 12.8. The predicted molar refractivity (Wildman–Crippen MR) is 52.4 cm³/mol. The van der Waals surface area contributed by atoms with E-state index in [1.807, 2.05) is 0 Å². The molecule has 0 saturated heterocycles. The molecule has 0 aliphatic heterocycles. The van der Waals surface area contributed by atoms with Crippen LogP contribution in [0.15, 0.2) is 18.2 Å². The third-order valence-electron chi connectivity index (χ3n) is 2.09. The summed E-state index contributed by atoms with van der Waals surface area (Å²) >= 11 is 0. The molecule has 1 rings (SSSR count). The van der Waals surface area contributed by atoms with Gasteiger partial charge >= 0.3 is 0 Å². The Morgan fingerprint density at radius 2 is 1.73 bits per heavy atom. The molecular weight excluding hydrogens is 202 g/mol. The van der Waals surface area contributed by atoms with Gasteiger partial charge in [-0.05, 0) is 37.0 Å². The summed E-state index contributed by atoms with van der Waals surface area (Å²) in [6, 6.07) is 3.19. The van der Waals surface area contributed by atoms with Gasteiger partial charge in [-0.15, -0.1) is 0 Å². The molecule has 0 aromatic heterocycles. The topological polar surface area (TPSA) is 40.5 Å². The van der Waals surface area contributed by atoms with Crippen molar-refractivity contribution in [2.75, 3.05) is 6.61 Å². The van der Waals surface area contributed by atoms with Crippen molar-refractivity contribution < 1.29 is 19.0 Å². The molecule has 0 fully saturated rings. The monoisotopic (exact) mass is 216 g/mol. The minimum Gasteiger partial charge on any atom is -0.396 e. The average molecular weight is 216 g/mol. The highest BCUT2D eigenvalue weighted by Gasteiger charge is 2.07. The highest BCUT2D eigenvalue weighted by atomic mass is 19.1. The van der Waals surface area contributed by atoms with Gasteiger partial charge in [-0.2, -0.15) is 0 Å². The van der Waals surface area contributed by atoms with Gasteiger partial charge in [0, 0.05) is 12.7 Å². The summed E-state index contributed by atoms with van der Waals surface area (Å²) in [7, 11) is 0. The van der Waals surface area contributed by atoms with E-state index >= 15 is 0 Å². The van der Waals surface area contributed by atoms with Crippen molar-refractivity contribution >= 4 is 0 Å². The van der Waals surface area contributed by atoms with Crippen LogP contribution in [-0.4, -0.2) is 22.9 Å². The van der Waals surface area contributed by atoms with Crippen LogP contribution in [0, 0.1) is 11.6 Å². The van der Waals surface area contributed by atoms with Crippen LogP contribution in [0.25, 0.3) is 0 Å². The van der Waals surface area contributed by atoms with Crippen LogP contribution in [0.1, 0.15) is 18.4 Å². The first kappa shape index (κ1) is 12.1. The molecule has 1 aromatic carbocycles. The zero-order valence-corrected chi connectivity index (χ0v) is 8.29. The SMILES string of the molecule is OCCCC(O)Cc1cc(F)cc(F)c1. The number of hydrogen-bond donors (Lipinski definition) is 2. The maximum Gasteiger partial charge on any atom is 0.126 e. The summed E-state index contributed by atoms with van der Waals surface area (Å²) in [5, 5.41) is 18.0. The molecule has 0 amide bonds. The summed E-state index contributed by atoms with van der Waals surface area (Å²) in [4.78, 5) is 0. The minimum atomic E-state index is -0.668. The lowest BCUT2D eigenvalue weighted by Gasteiger charge is -2.09. The Morgan fingerprint density at radius 1 is 1.13 bits per heavy atom. The van der Waals surface area contributed by atoms with Crippen molar-refractivity contribution in [3.8, 4) is 0 Å². The van der Waals surface area contributed by atoms with E-state index in [-0.39, 0.29) is 13.0 Å². The zero-order chi connectivity index (χ0) is 11.3. The van der Waals surface area contributed by atoms with Gasteiger partial charge in [-0.1, -0.05) is 0 Å². The van der Waals surface area contributed by atoms with Gasteiger partial charge in [-0.25, -0.2) is 8.78 Å². The molecule has 0 aliphatic rings. The van der Waals surface area contributed by atoms with E-state index in [2.05, 4.69) is 0 Å². The molecule has 0 heterocycles. The fourth-order valence-electron chi connectivity index (χ4n) is 1.43. The van der Waals surface area contributed by atoms with Gasteiger partial charge in [0.1, 0.15) is 11.6 Å². The molecule has 2 nitrogen and oxygen atoms in total. The van der Waals surface area contributed by atoms with Crippen molar-refractivity contribution in [1.82, 2.24) is 0 Å². The van der Waals surface area contributed by atoms with Crippen LogP contribution >= 0.6 is 0 Å². The van der Waals surface area contributed by atoms with Crippen molar-refractivity contribution in [3.63, 3.8) is 0 Å². The first-order valence-electron chi connectivity index (χ1n) is 4.85. The number of aliphatic hydroxyl groups is 2. The largest absolute Gasteiger partial charge is 0.396 e. The smallest absolute Gasteiger partial charge is 0.126 e. The van der Waals surface area contributed by atoms with Gasteiger partial charge in [0.15, 0.2) is 0 Å². The molecule has 84 valence electrons. The number of hydrogen-bond acceptors (Lipinski definition) is 2. The standard InChI is InChI=1S/C11H14F2O2/c12-9-4-8(5-10(13)7-9)6-11(15)2-1-3-14/h4-5,7,11,14-15H,1-3,6H2. The summed E-state index contributed by atoms with van der Waals surface area (Å²) < 4.78 is 25.5. The Hall–Kier alpha value is -1.00. The second-order valence-corrected chi connectivity index (χ2v) is 3.50. The third-order valence-corrected chi connectivity index (χ3v) is 2.09. The molecule has 0 bridgehead atoms. The van der Waals surface area contributed by atoms with Gasteiger partial charge in [0.2, 0.25) is 0 Å². The fourth-order valence-corrected chi connectivity index (χ4v) is 1.43. The third kappa shape index (κ3) is 4.36. The molecule has 0 aliphatic carbocycles. The molecule has 0 radical (unpaired) electrons. The summed E-state index contributed by atoms with van der Waals surface area (Å²) in [6.45, 7) is 0.00850. The number of halogens is 2. The first-order chi connectivity index (χ1) is 7.11. The predicted octanol–water partition coefficient (Wildman–Crippen LogP) is 1.64. The Kier molecular flexibility index (Phi) is 4.65. The quantitative estimate of drug-likeness (QED) is 0.785. The fraction of sp³-hybridized carbons (Fsp3) is 0.455. The highest BCUT2D eigenvalue weighted by molar-refractivity contribution is 5.18. The van der Waals surface area contributed by atoms with Gasteiger partial charge in [0.05, 0.1) is 6.10 Å². The molecule has 2 N–H and O–H groups in total. The number of benzene rings is 1. The lowest BCUT2D eigenvalue weighted by molar-refractivity contribution is 0.150. The van der Waals surface area contributed by atoms with Crippen molar-refractivity contribution in [2.45, 2.75) is 25.4 Å². The van der Waals surface area contributed by atoms with E-state index in [9.17, 15) is 13.9 Å². The molecular formula is C11H14F2O2.